The first-order chi connectivity index (χ1) is 8.77. The average Bonchev–Trinajstić information content (AvgIpc) is 2.35. The van der Waals surface area contributed by atoms with Crippen molar-refractivity contribution < 1.29 is 18.3 Å². The highest BCUT2D eigenvalue weighted by Gasteiger charge is 2.21. The monoisotopic (exact) mass is 303 g/mol. The van der Waals surface area contributed by atoms with E-state index in [-0.39, 0.29) is 15.5 Å². The zero-order chi connectivity index (χ0) is 14.6. The van der Waals surface area contributed by atoms with E-state index in [1.54, 1.807) is 0 Å². The van der Waals surface area contributed by atoms with Crippen molar-refractivity contribution in [3.63, 3.8) is 0 Å². The van der Waals surface area contributed by atoms with Crippen LogP contribution in [0.1, 0.15) is 5.56 Å². The Morgan fingerprint density at radius 2 is 2.21 bits per heavy atom. The summed E-state index contributed by atoms with van der Waals surface area (Å²) in [5.41, 5.74) is 5.00. The lowest BCUT2D eigenvalue weighted by Crippen LogP contribution is -2.40. The summed E-state index contributed by atoms with van der Waals surface area (Å²) in [6.45, 7) is -0.562. The maximum Gasteiger partial charge on any atom is 0.247 e. The molecule has 0 aliphatic heterocycles. The SMILES string of the molecule is N#Cc1ccc(S(=O)(=O)NCC(O)C(N)=O)c(Cl)c1. The van der Waals surface area contributed by atoms with E-state index in [2.05, 4.69) is 0 Å². The lowest BCUT2D eigenvalue weighted by molar-refractivity contribution is -0.125. The molecule has 7 nitrogen and oxygen atoms in total. The second-order valence-corrected chi connectivity index (χ2v) is 5.67. The number of aliphatic hydroxyl groups is 1. The Morgan fingerprint density at radius 3 is 2.68 bits per heavy atom. The third-order valence-electron chi connectivity index (χ3n) is 2.15. The van der Waals surface area contributed by atoms with E-state index in [1.165, 1.54) is 12.1 Å². The van der Waals surface area contributed by atoms with Gasteiger partial charge in [-0.1, -0.05) is 11.6 Å². The Labute approximate surface area is 114 Å². The van der Waals surface area contributed by atoms with Gasteiger partial charge in [0, 0.05) is 6.54 Å². The largest absolute Gasteiger partial charge is 0.382 e. The minimum atomic E-state index is -4.00. The van der Waals surface area contributed by atoms with E-state index in [1.807, 2.05) is 10.8 Å². The molecule has 0 saturated heterocycles. The van der Waals surface area contributed by atoms with Crippen molar-refractivity contribution in [1.29, 1.82) is 5.26 Å². The highest BCUT2D eigenvalue weighted by molar-refractivity contribution is 7.89. The maximum absolute atomic E-state index is 11.8. The van der Waals surface area contributed by atoms with Gasteiger partial charge in [-0.05, 0) is 18.2 Å². The fraction of sp³-hybridized carbons (Fsp3) is 0.200. The van der Waals surface area contributed by atoms with Gasteiger partial charge < -0.3 is 10.8 Å². The van der Waals surface area contributed by atoms with Gasteiger partial charge in [0.2, 0.25) is 15.9 Å². The van der Waals surface area contributed by atoms with Crippen LogP contribution in [0.2, 0.25) is 5.02 Å². The summed E-state index contributed by atoms with van der Waals surface area (Å²) in [4.78, 5) is 10.3. The number of sulfonamides is 1. The van der Waals surface area contributed by atoms with Gasteiger partial charge in [-0.2, -0.15) is 5.26 Å². The van der Waals surface area contributed by atoms with Gasteiger partial charge in [-0.15, -0.1) is 0 Å². The fourth-order valence-electron chi connectivity index (χ4n) is 1.16. The Hall–Kier alpha value is -1.66. The van der Waals surface area contributed by atoms with Crippen LogP contribution in [0, 0.1) is 11.3 Å². The molecular formula is C10H10ClN3O4S. The van der Waals surface area contributed by atoms with Gasteiger partial charge >= 0.3 is 0 Å². The molecule has 1 amide bonds. The van der Waals surface area contributed by atoms with E-state index in [0.29, 0.717) is 0 Å². The molecule has 1 unspecified atom stereocenters. The van der Waals surface area contributed by atoms with Crippen LogP contribution < -0.4 is 10.5 Å². The van der Waals surface area contributed by atoms with Crippen LogP contribution >= 0.6 is 11.6 Å². The van der Waals surface area contributed by atoms with Crippen molar-refractivity contribution >= 4 is 27.5 Å². The van der Waals surface area contributed by atoms with E-state index in [4.69, 9.17) is 27.7 Å². The highest BCUT2D eigenvalue weighted by atomic mass is 35.5. The molecule has 0 saturated carbocycles. The van der Waals surface area contributed by atoms with Gasteiger partial charge in [0.1, 0.15) is 11.0 Å². The molecule has 0 spiro atoms. The number of nitrogens with one attached hydrogen (secondary N) is 1. The lowest BCUT2D eigenvalue weighted by atomic mass is 10.2. The summed E-state index contributed by atoms with van der Waals surface area (Å²) in [7, 11) is -4.00. The molecule has 1 rings (SSSR count). The molecule has 0 aliphatic rings. The predicted octanol–water partition coefficient (Wildman–Crippen LogP) is -0.664. The molecular weight excluding hydrogens is 294 g/mol. The quantitative estimate of drug-likeness (QED) is 0.663. The summed E-state index contributed by atoms with van der Waals surface area (Å²) in [6, 6.07) is 5.44. The van der Waals surface area contributed by atoms with Gasteiger partial charge in [0.25, 0.3) is 0 Å². The van der Waals surface area contributed by atoms with Gasteiger partial charge in [0.15, 0.2) is 0 Å². The number of hydrogen-bond donors (Lipinski definition) is 3. The smallest absolute Gasteiger partial charge is 0.247 e. The number of carbonyl (C=O) groups is 1. The predicted molar refractivity (Wildman–Crippen MR) is 66.6 cm³/mol. The summed E-state index contributed by atoms with van der Waals surface area (Å²) in [5.74, 6) is -1.05. The van der Waals surface area contributed by atoms with E-state index in [9.17, 15) is 13.2 Å². The van der Waals surface area contributed by atoms with Crippen molar-refractivity contribution in [3.05, 3.63) is 28.8 Å². The number of rotatable bonds is 5. The van der Waals surface area contributed by atoms with Gasteiger partial charge in [-0.25, -0.2) is 13.1 Å². The molecule has 0 fully saturated rings. The van der Waals surface area contributed by atoms with Crippen molar-refractivity contribution in [3.8, 4) is 6.07 Å². The molecule has 19 heavy (non-hydrogen) atoms. The maximum atomic E-state index is 11.8. The molecule has 9 heteroatoms. The number of hydrogen-bond acceptors (Lipinski definition) is 5. The van der Waals surface area contributed by atoms with Crippen LogP contribution in [0.15, 0.2) is 23.1 Å². The first-order valence-electron chi connectivity index (χ1n) is 4.94. The number of halogens is 1. The van der Waals surface area contributed by atoms with Gasteiger partial charge in [-0.3, -0.25) is 4.79 Å². The summed E-state index contributed by atoms with van der Waals surface area (Å²) in [5, 5.41) is 17.6. The van der Waals surface area contributed by atoms with Gasteiger partial charge in [0.05, 0.1) is 16.7 Å². The summed E-state index contributed by atoms with van der Waals surface area (Å²) in [6.07, 6.45) is -1.63. The number of carbonyl (C=O) groups excluding carboxylic acids is 1. The molecule has 0 bridgehead atoms. The minimum Gasteiger partial charge on any atom is -0.382 e. The van der Waals surface area contributed by atoms with Crippen LogP contribution in [0.3, 0.4) is 0 Å². The molecule has 102 valence electrons. The fourth-order valence-corrected chi connectivity index (χ4v) is 2.74. The standard InChI is InChI=1S/C10H10ClN3O4S/c11-7-3-6(4-12)1-2-9(7)19(17,18)14-5-8(15)10(13)16/h1-3,8,14-15H,5H2,(H2,13,16). The third kappa shape index (κ3) is 3.90. The molecule has 1 atom stereocenters. The Kier molecular flexibility index (Phi) is 4.85. The van der Waals surface area contributed by atoms with Crippen molar-refractivity contribution in [2.24, 2.45) is 5.73 Å². The van der Waals surface area contributed by atoms with Crippen molar-refractivity contribution in [2.45, 2.75) is 11.0 Å². The zero-order valence-electron chi connectivity index (χ0n) is 9.50. The number of amides is 1. The highest BCUT2D eigenvalue weighted by Crippen LogP contribution is 2.22. The molecule has 0 aromatic heterocycles. The first-order valence-corrected chi connectivity index (χ1v) is 6.80. The number of nitrogens with zero attached hydrogens (tertiary/aromatic N) is 1. The Bertz CT molecular complexity index is 639. The second-order valence-electron chi connectivity index (χ2n) is 3.53. The number of aliphatic hydroxyl groups excluding tert-OH is 1. The van der Waals surface area contributed by atoms with Crippen LogP contribution in [-0.4, -0.2) is 32.1 Å². The van der Waals surface area contributed by atoms with E-state index >= 15 is 0 Å². The number of nitrogens with two attached hydrogens (primary N) is 1. The molecule has 0 aliphatic carbocycles. The molecule has 1 aromatic carbocycles. The van der Waals surface area contributed by atoms with Crippen molar-refractivity contribution in [2.75, 3.05) is 6.54 Å². The summed E-state index contributed by atoms with van der Waals surface area (Å²) < 4.78 is 25.7. The first kappa shape index (κ1) is 15.4. The third-order valence-corrected chi connectivity index (χ3v) is 4.05. The van der Waals surface area contributed by atoms with Crippen molar-refractivity contribution in [1.82, 2.24) is 4.72 Å². The second kappa shape index (κ2) is 5.99. The van der Waals surface area contributed by atoms with Crippen LogP contribution in [0.25, 0.3) is 0 Å². The number of primary amides is 1. The lowest BCUT2D eigenvalue weighted by Gasteiger charge is -2.10. The Balaban J connectivity index is 2.96. The molecule has 1 aromatic rings. The van der Waals surface area contributed by atoms with Crippen LogP contribution in [-0.2, 0) is 14.8 Å². The Morgan fingerprint density at radius 1 is 1.58 bits per heavy atom. The van der Waals surface area contributed by atoms with Crippen LogP contribution in [0.4, 0.5) is 0 Å². The number of benzene rings is 1. The molecule has 4 N–H and O–H groups in total. The molecule has 0 heterocycles. The van der Waals surface area contributed by atoms with E-state index in [0.717, 1.165) is 6.07 Å². The minimum absolute atomic E-state index is 0.139. The topological polar surface area (TPSA) is 133 Å². The zero-order valence-corrected chi connectivity index (χ0v) is 11.1. The number of nitriles is 1. The van der Waals surface area contributed by atoms with Crippen LogP contribution in [0.5, 0.6) is 0 Å². The normalized spacial score (nSPS) is 12.7. The molecule has 0 radical (unpaired) electrons. The summed E-state index contributed by atoms with van der Waals surface area (Å²) >= 11 is 5.75. The average molecular weight is 304 g/mol. The van der Waals surface area contributed by atoms with E-state index < -0.39 is 28.6 Å².